The summed E-state index contributed by atoms with van der Waals surface area (Å²) in [6.07, 6.45) is 0.744. The summed E-state index contributed by atoms with van der Waals surface area (Å²) in [6.45, 7) is 1.96. The van der Waals surface area contributed by atoms with E-state index in [1.165, 1.54) is 12.1 Å². The lowest BCUT2D eigenvalue weighted by molar-refractivity contribution is 0.0679. The van der Waals surface area contributed by atoms with Crippen molar-refractivity contribution in [2.75, 3.05) is 0 Å². The molecule has 4 heteroatoms. The second kappa shape index (κ2) is 7.87. The molecule has 0 heterocycles. The van der Waals surface area contributed by atoms with Gasteiger partial charge in [0.25, 0.3) is 0 Å². The quantitative estimate of drug-likeness (QED) is 0.675. The van der Waals surface area contributed by atoms with E-state index < -0.39 is 11.9 Å². The number of carboxylic acids is 2. The molecule has 0 saturated carbocycles. The van der Waals surface area contributed by atoms with Gasteiger partial charge in [0.05, 0.1) is 11.1 Å². The monoisotopic (exact) mass is 360 g/mol. The second-order valence-corrected chi connectivity index (χ2v) is 6.54. The molecule has 0 spiro atoms. The van der Waals surface area contributed by atoms with Gasteiger partial charge in [-0.3, -0.25) is 0 Å². The van der Waals surface area contributed by atoms with Gasteiger partial charge in [-0.1, -0.05) is 54.6 Å². The first kappa shape index (κ1) is 18.4. The van der Waals surface area contributed by atoms with Crippen LogP contribution in [0.1, 0.15) is 48.5 Å². The maximum Gasteiger partial charge on any atom is 0.335 e. The molecule has 0 unspecified atom stereocenters. The van der Waals surface area contributed by atoms with Crippen molar-refractivity contribution in [2.24, 2.45) is 0 Å². The van der Waals surface area contributed by atoms with Gasteiger partial charge in [0.15, 0.2) is 0 Å². The predicted molar refractivity (Wildman–Crippen MR) is 104 cm³/mol. The van der Waals surface area contributed by atoms with E-state index in [1.54, 1.807) is 0 Å². The molecule has 0 atom stereocenters. The van der Waals surface area contributed by atoms with Gasteiger partial charge in [0.2, 0.25) is 0 Å². The molecule has 3 rings (SSSR count). The number of hydrogen-bond donors (Lipinski definition) is 2. The van der Waals surface area contributed by atoms with E-state index in [1.807, 2.05) is 61.5 Å². The van der Waals surface area contributed by atoms with Crippen molar-refractivity contribution in [3.8, 4) is 0 Å². The predicted octanol–water partition coefficient (Wildman–Crippen LogP) is 4.57. The molecule has 3 aromatic rings. The van der Waals surface area contributed by atoms with Crippen molar-refractivity contribution in [3.05, 3.63) is 106 Å². The van der Waals surface area contributed by atoms with E-state index in [-0.39, 0.29) is 11.1 Å². The van der Waals surface area contributed by atoms with Crippen LogP contribution in [0.4, 0.5) is 0 Å². The van der Waals surface area contributed by atoms with Gasteiger partial charge >= 0.3 is 11.9 Å². The smallest absolute Gasteiger partial charge is 0.335 e. The molecule has 0 amide bonds. The number of aromatic carboxylic acids is 2. The number of hydrogen-bond acceptors (Lipinski definition) is 2. The van der Waals surface area contributed by atoms with Crippen molar-refractivity contribution in [1.82, 2.24) is 0 Å². The van der Waals surface area contributed by atoms with Crippen LogP contribution in [0.3, 0.4) is 0 Å². The van der Waals surface area contributed by atoms with E-state index >= 15 is 0 Å². The van der Waals surface area contributed by atoms with Crippen molar-refractivity contribution in [3.63, 3.8) is 0 Å². The lowest BCUT2D eigenvalue weighted by Gasteiger charge is -2.14. The average Bonchev–Trinajstić information content (AvgIpc) is 2.65. The first-order valence-electron chi connectivity index (χ1n) is 8.66. The van der Waals surface area contributed by atoms with Crippen LogP contribution in [0.5, 0.6) is 0 Å². The molecule has 3 aromatic carbocycles. The minimum absolute atomic E-state index is 0.146. The van der Waals surface area contributed by atoms with Crippen LogP contribution in [0.2, 0.25) is 0 Å². The topological polar surface area (TPSA) is 74.6 Å². The zero-order chi connectivity index (χ0) is 19.4. The molecule has 0 fully saturated rings. The highest BCUT2D eigenvalue weighted by Gasteiger charge is 2.19. The lowest BCUT2D eigenvalue weighted by atomic mass is 9.90. The van der Waals surface area contributed by atoms with Gasteiger partial charge in [-0.15, -0.1) is 0 Å². The first-order chi connectivity index (χ1) is 13.0. The molecule has 0 saturated heterocycles. The van der Waals surface area contributed by atoms with Crippen LogP contribution < -0.4 is 0 Å². The van der Waals surface area contributed by atoms with Crippen molar-refractivity contribution in [1.29, 1.82) is 0 Å². The third-order valence-corrected chi connectivity index (χ3v) is 4.67. The fourth-order valence-electron chi connectivity index (χ4n) is 3.21. The average molecular weight is 360 g/mol. The van der Waals surface area contributed by atoms with Crippen LogP contribution in [0.25, 0.3) is 0 Å². The summed E-state index contributed by atoms with van der Waals surface area (Å²) in [5.74, 6) is -2.10. The molecule has 0 radical (unpaired) electrons. The summed E-state index contributed by atoms with van der Waals surface area (Å²) in [5.41, 5.74) is 4.25. The van der Waals surface area contributed by atoms with Gasteiger partial charge in [0.1, 0.15) is 0 Å². The minimum atomic E-state index is -1.05. The zero-order valence-electron chi connectivity index (χ0n) is 15.0. The first-order valence-corrected chi connectivity index (χ1v) is 8.66. The van der Waals surface area contributed by atoms with E-state index in [0.717, 1.165) is 16.7 Å². The molecule has 0 aliphatic heterocycles. The van der Waals surface area contributed by atoms with Crippen molar-refractivity contribution < 1.29 is 19.8 Å². The second-order valence-electron chi connectivity index (χ2n) is 6.54. The number of carbonyl (C=O) groups is 2. The third kappa shape index (κ3) is 4.23. The fraction of sp³-hybridized carbons (Fsp3) is 0.130. The molecule has 0 aromatic heterocycles. The van der Waals surface area contributed by atoms with Crippen molar-refractivity contribution >= 4 is 11.9 Å². The Bertz CT molecular complexity index is 991. The molecule has 2 N–H and O–H groups in total. The van der Waals surface area contributed by atoms with Crippen molar-refractivity contribution in [2.45, 2.75) is 19.8 Å². The Morgan fingerprint density at radius 2 is 1.22 bits per heavy atom. The minimum Gasteiger partial charge on any atom is -0.478 e. The summed E-state index contributed by atoms with van der Waals surface area (Å²) in [4.78, 5) is 23.7. The third-order valence-electron chi connectivity index (χ3n) is 4.67. The summed E-state index contributed by atoms with van der Waals surface area (Å²) in [5, 5.41) is 19.4. The Kier molecular flexibility index (Phi) is 5.36. The molecule has 4 nitrogen and oxygen atoms in total. The Morgan fingerprint density at radius 3 is 1.78 bits per heavy atom. The Hall–Kier alpha value is -3.40. The maximum absolute atomic E-state index is 11.8. The Balaban J connectivity index is 2.08. The Morgan fingerprint density at radius 1 is 0.704 bits per heavy atom. The maximum atomic E-state index is 11.8. The van der Waals surface area contributed by atoms with E-state index in [4.69, 9.17) is 0 Å². The largest absolute Gasteiger partial charge is 0.478 e. The molecule has 0 aliphatic carbocycles. The summed E-state index contributed by atoms with van der Waals surface area (Å²) < 4.78 is 0. The van der Waals surface area contributed by atoms with Gasteiger partial charge in [-0.05, 0) is 59.7 Å². The van der Waals surface area contributed by atoms with Crippen LogP contribution in [-0.4, -0.2) is 22.2 Å². The highest BCUT2D eigenvalue weighted by atomic mass is 16.4. The number of carboxylic acid groups (broad SMARTS) is 2. The molecular formula is C23H20O4. The zero-order valence-corrected chi connectivity index (χ0v) is 15.0. The van der Waals surface area contributed by atoms with E-state index in [9.17, 15) is 19.8 Å². The molecular weight excluding hydrogens is 340 g/mol. The standard InChI is InChI=1S/C23H20O4/c1-15-7-5-6-10-17(15)12-19-14-20(22(24)25)18(13-21(19)23(26)27)11-16-8-3-2-4-9-16/h2-10,13-14H,11-12H2,1H3,(H,24,25)(H,26,27). The van der Waals surface area contributed by atoms with Gasteiger partial charge in [0, 0.05) is 0 Å². The van der Waals surface area contributed by atoms with Crippen LogP contribution in [0.15, 0.2) is 66.7 Å². The normalized spacial score (nSPS) is 10.6. The van der Waals surface area contributed by atoms with Crippen LogP contribution >= 0.6 is 0 Å². The molecule has 136 valence electrons. The molecule has 27 heavy (non-hydrogen) atoms. The van der Waals surface area contributed by atoms with Gasteiger partial charge in [-0.25, -0.2) is 9.59 Å². The SMILES string of the molecule is Cc1ccccc1Cc1cc(C(=O)O)c(Cc2ccccc2)cc1C(=O)O. The number of aryl methyl sites for hydroxylation is 1. The molecule has 0 bridgehead atoms. The van der Waals surface area contributed by atoms with Crippen LogP contribution in [-0.2, 0) is 12.8 Å². The lowest BCUT2D eigenvalue weighted by Crippen LogP contribution is -2.11. The van der Waals surface area contributed by atoms with E-state index in [0.29, 0.717) is 24.0 Å². The summed E-state index contributed by atoms with van der Waals surface area (Å²) in [6, 6.07) is 20.1. The highest BCUT2D eigenvalue weighted by Crippen LogP contribution is 2.24. The van der Waals surface area contributed by atoms with E-state index in [2.05, 4.69) is 0 Å². The van der Waals surface area contributed by atoms with Gasteiger partial charge in [-0.2, -0.15) is 0 Å². The van der Waals surface area contributed by atoms with Crippen LogP contribution in [0, 0.1) is 6.92 Å². The summed E-state index contributed by atoms with van der Waals surface area (Å²) in [7, 11) is 0. The van der Waals surface area contributed by atoms with Gasteiger partial charge < -0.3 is 10.2 Å². The highest BCUT2D eigenvalue weighted by molar-refractivity contribution is 5.95. The summed E-state index contributed by atoms with van der Waals surface area (Å²) >= 11 is 0. The fourth-order valence-corrected chi connectivity index (χ4v) is 3.21. The Labute approximate surface area is 157 Å². The molecule has 0 aliphatic rings. The number of rotatable bonds is 6. The number of benzene rings is 3.